The number of carboxylic acids is 1. The van der Waals surface area contributed by atoms with E-state index in [0.717, 1.165) is 0 Å². The van der Waals surface area contributed by atoms with Gasteiger partial charge in [0.1, 0.15) is 5.82 Å². The van der Waals surface area contributed by atoms with Crippen LogP contribution in [-0.4, -0.2) is 25.8 Å². The zero-order chi connectivity index (χ0) is 10.0. The zero-order valence-electron chi connectivity index (χ0n) is 7.97. The Balaban J connectivity index is 0.00000169. The van der Waals surface area contributed by atoms with Crippen LogP contribution in [0.1, 0.15) is 35.8 Å². The Morgan fingerprint density at radius 3 is 2.64 bits per heavy atom. The highest BCUT2D eigenvalue weighted by molar-refractivity contribution is 5.85. The third-order valence-electron chi connectivity index (χ3n) is 1.76. The Kier molecular flexibility index (Phi) is 4.52. The number of nitrogens with two attached hydrogens (primary N) is 1. The van der Waals surface area contributed by atoms with E-state index in [1.54, 1.807) is 7.05 Å². The van der Waals surface area contributed by atoms with Gasteiger partial charge in [0.05, 0.1) is 6.04 Å². The van der Waals surface area contributed by atoms with Crippen LogP contribution < -0.4 is 5.73 Å². The number of carboxylic acid groups (broad SMARTS) is 1. The van der Waals surface area contributed by atoms with Gasteiger partial charge in [-0.1, -0.05) is 6.92 Å². The van der Waals surface area contributed by atoms with E-state index in [4.69, 9.17) is 10.8 Å². The lowest BCUT2D eigenvalue weighted by Gasteiger charge is -2.05. The highest BCUT2D eigenvalue weighted by atomic mass is 35.5. The second kappa shape index (κ2) is 4.92. The van der Waals surface area contributed by atoms with E-state index in [-0.39, 0.29) is 24.3 Å². The monoisotopic (exact) mass is 220 g/mol. The van der Waals surface area contributed by atoms with Crippen LogP contribution in [0.5, 0.6) is 0 Å². The molecule has 0 radical (unpaired) electrons. The molecule has 14 heavy (non-hydrogen) atoms. The molecule has 0 fully saturated rings. The lowest BCUT2D eigenvalue weighted by atomic mass is 10.2. The Morgan fingerprint density at radius 1 is 1.71 bits per heavy atom. The van der Waals surface area contributed by atoms with E-state index in [1.165, 1.54) is 4.68 Å². The average Bonchev–Trinajstić information content (AvgIpc) is 2.46. The minimum absolute atomic E-state index is 0. The zero-order valence-corrected chi connectivity index (χ0v) is 8.78. The van der Waals surface area contributed by atoms with Crippen molar-refractivity contribution in [1.29, 1.82) is 0 Å². The molecule has 6 nitrogen and oxygen atoms in total. The van der Waals surface area contributed by atoms with Gasteiger partial charge < -0.3 is 10.8 Å². The number of hydrogen-bond donors (Lipinski definition) is 2. The fourth-order valence-electron chi connectivity index (χ4n) is 0.993. The fourth-order valence-corrected chi connectivity index (χ4v) is 0.993. The number of nitrogens with zero attached hydrogens (tertiary/aromatic N) is 3. The maximum Gasteiger partial charge on any atom is 0.375 e. The maximum atomic E-state index is 10.5. The smallest absolute Gasteiger partial charge is 0.375 e. The van der Waals surface area contributed by atoms with E-state index in [1.807, 2.05) is 6.92 Å². The molecular weight excluding hydrogens is 208 g/mol. The molecule has 0 aliphatic heterocycles. The number of aromatic carboxylic acids is 1. The molecule has 1 aromatic heterocycles. The van der Waals surface area contributed by atoms with Crippen molar-refractivity contribution in [2.24, 2.45) is 12.8 Å². The topological polar surface area (TPSA) is 94.0 Å². The summed E-state index contributed by atoms with van der Waals surface area (Å²) in [4.78, 5) is 14.3. The van der Waals surface area contributed by atoms with Crippen LogP contribution in [0.3, 0.4) is 0 Å². The lowest BCUT2D eigenvalue weighted by Crippen LogP contribution is -2.14. The van der Waals surface area contributed by atoms with Crippen LogP contribution in [0.4, 0.5) is 0 Å². The molecule has 0 amide bonds. The molecule has 1 atom stereocenters. The number of halogens is 1. The SMILES string of the molecule is CC[C@H](N)c1nc(C(=O)O)nn1C.Cl. The van der Waals surface area contributed by atoms with Crippen molar-refractivity contribution in [1.82, 2.24) is 14.8 Å². The highest BCUT2D eigenvalue weighted by Gasteiger charge is 2.16. The number of aryl methyl sites for hydroxylation is 1. The van der Waals surface area contributed by atoms with E-state index in [0.29, 0.717) is 12.2 Å². The maximum absolute atomic E-state index is 10.5. The average molecular weight is 221 g/mol. The fraction of sp³-hybridized carbons (Fsp3) is 0.571. The van der Waals surface area contributed by atoms with Gasteiger partial charge in [-0.05, 0) is 6.42 Å². The van der Waals surface area contributed by atoms with E-state index >= 15 is 0 Å². The van der Waals surface area contributed by atoms with Crippen LogP contribution in [0.15, 0.2) is 0 Å². The number of rotatable bonds is 3. The molecule has 0 spiro atoms. The summed E-state index contributed by atoms with van der Waals surface area (Å²) >= 11 is 0. The van der Waals surface area contributed by atoms with Gasteiger partial charge in [0, 0.05) is 7.05 Å². The van der Waals surface area contributed by atoms with Crippen molar-refractivity contribution in [3.63, 3.8) is 0 Å². The second-order valence-electron chi connectivity index (χ2n) is 2.74. The minimum atomic E-state index is -1.13. The molecule has 0 aliphatic carbocycles. The van der Waals surface area contributed by atoms with Crippen molar-refractivity contribution >= 4 is 18.4 Å². The Bertz CT molecular complexity index is 325. The molecule has 1 heterocycles. The number of aromatic nitrogens is 3. The normalized spacial score (nSPS) is 11.9. The third-order valence-corrected chi connectivity index (χ3v) is 1.76. The first-order chi connectivity index (χ1) is 6.06. The molecule has 0 aliphatic rings. The summed E-state index contributed by atoms with van der Waals surface area (Å²) in [6.07, 6.45) is 0.700. The van der Waals surface area contributed by atoms with Gasteiger partial charge in [-0.3, -0.25) is 4.68 Å². The van der Waals surface area contributed by atoms with Crippen molar-refractivity contribution in [2.75, 3.05) is 0 Å². The van der Waals surface area contributed by atoms with Gasteiger partial charge >= 0.3 is 5.97 Å². The van der Waals surface area contributed by atoms with Crippen LogP contribution in [0.25, 0.3) is 0 Å². The van der Waals surface area contributed by atoms with Gasteiger partial charge in [-0.25, -0.2) is 9.78 Å². The minimum Gasteiger partial charge on any atom is -0.475 e. The number of carbonyl (C=O) groups is 1. The van der Waals surface area contributed by atoms with Crippen molar-refractivity contribution in [3.8, 4) is 0 Å². The summed E-state index contributed by atoms with van der Waals surface area (Å²) in [5.41, 5.74) is 5.69. The second-order valence-corrected chi connectivity index (χ2v) is 2.74. The summed E-state index contributed by atoms with van der Waals surface area (Å²) in [7, 11) is 1.63. The van der Waals surface area contributed by atoms with E-state index in [2.05, 4.69) is 10.1 Å². The Morgan fingerprint density at radius 2 is 2.29 bits per heavy atom. The van der Waals surface area contributed by atoms with E-state index < -0.39 is 5.97 Å². The lowest BCUT2D eigenvalue weighted by molar-refractivity contribution is 0.0683. The first-order valence-corrected chi connectivity index (χ1v) is 3.96. The molecule has 0 saturated carbocycles. The van der Waals surface area contributed by atoms with Gasteiger partial charge in [0.2, 0.25) is 0 Å². The predicted octanol–water partition coefficient (Wildman–Crippen LogP) is 0.345. The Hall–Kier alpha value is -1.14. The molecular formula is C7H13ClN4O2. The first-order valence-electron chi connectivity index (χ1n) is 3.96. The quantitative estimate of drug-likeness (QED) is 0.766. The molecule has 0 aromatic carbocycles. The van der Waals surface area contributed by atoms with Crippen molar-refractivity contribution < 1.29 is 9.90 Å². The van der Waals surface area contributed by atoms with Gasteiger partial charge in [-0.2, -0.15) is 0 Å². The summed E-state index contributed by atoms with van der Waals surface area (Å²) in [5, 5.41) is 12.3. The van der Waals surface area contributed by atoms with Crippen LogP contribution in [-0.2, 0) is 7.05 Å². The highest BCUT2D eigenvalue weighted by Crippen LogP contribution is 2.09. The molecule has 7 heteroatoms. The Labute approximate surface area is 87.5 Å². The molecule has 80 valence electrons. The third kappa shape index (κ3) is 2.43. The van der Waals surface area contributed by atoms with Crippen molar-refractivity contribution in [3.05, 3.63) is 11.6 Å². The molecule has 0 saturated heterocycles. The summed E-state index contributed by atoms with van der Waals surface area (Å²) in [6.45, 7) is 1.90. The van der Waals surface area contributed by atoms with Gasteiger partial charge in [0.25, 0.3) is 5.82 Å². The predicted molar refractivity (Wildman–Crippen MR) is 52.4 cm³/mol. The molecule has 0 unspecified atom stereocenters. The van der Waals surface area contributed by atoms with Gasteiger partial charge in [-0.15, -0.1) is 17.5 Å². The molecule has 1 aromatic rings. The van der Waals surface area contributed by atoms with E-state index in [9.17, 15) is 4.79 Å². The summed E-state index contributed by atoms with van der Waals surface area (Å²) in [5.74, 6) is -0.841. The standard InChI is InChI=1S/C7H12N4O2.ClH/c1-3-4(8)6-9-5(7(12)13)10-11(6)2;/h4H,3,8H2,1-2H3,(H,12,13);1H/t4-;/m0./s1. The van der Waals surface area contributed by atoms with Crippen LogP contribution >= 0.6 is 12.4 Å². The molecule has 3 N–H and O–H groups in total. The van der Waals surface area contributed by atoms with Crippen LogP contribution in [0.2, 0.25) is 0 Å². The number of hydrogen-bond acceptors (Lipinski definition) is 4. The summed E-state index contributed by atoms with van der Waals surface area (Å²) < 4.78 is 1.40. The van der Waals surface area contributed by atoms with Gasteiger partial charge in [0.15, 0.2) is 0 Å². The van der Waals surface area contributed by atoms with Crippen molar-refractivity contribution in [2.45, 2.75) is 19.4 Å². The first kappa shape index (κ1) is 12.9. The van der Waals surface area contributed by atoms with Crippen LogP contribution in [0, 0.1) is 0 Å². The molecule has 1 rings (SSSR count). The largest absolute Gasteiger partial charge is 0.475 e. The summed E-state index contributed by atoms with van der Waals surface area (Å²) in [6, 6.07) is -0.259. The molecule has 0 bridgehead atoms.